The maximum absolute atomic E-state index is 12.3. The van der Waals surface area contributed by atoms with Gasteiger partial charge in [0.2, 0.25) is 0 Å². The molecule has 4 rings (SSSR count). The van der Waals surface area contributed by atoms with Crippen LogP contribution in [-0.2, 0) is 11.4 Å². The summed E-state index contributed by atoms with van der Waals surface area (Å²) in [5, 5.41) is 12.9. The van der Waals surface area contributed by atoms with Gasteiger partial charge in [-0.1, -0.05) is 35.9 Å². The van der Waals surface area contributed by atoms with Crippen molar-refractivity contribution in [3.8, 4) is 5.75 Å². The van der Waals surface area contributed by atoms with Gasteiger partial charge >= 0.3 is 5.97 Å². The van der Waals surface area contributed by atoms with E-state index in [1.165, 1.54) is 17.8 Å². The number of halogens is 2. The van der Waals surface area contributed by atoms with Crippen molar-refractivity contribution < 1.29 is 19.4 Å². The summed E-state index contributed by atoms with van der Waals surface area (Å²) >= 11 is 10.7. The lowest BCUT2D eigenvalue weighted by Crippen LogP contribution is -2.19. The number of amides is 1. The number of ether oxygens (including phenoxy) is 1. The highest BCUT2D eigenvalue weighted by Crippen LogP contribution is 2.31. The molecule has 33 heavy (non-hydrogen) atoms. The molecule has 1 fully saturated rings. The van der Waals surface area contributed by atoms with E-state index in [1.54, 1.807) is 48.5 Å². The van der Waals surface area contributed by atoms with Gasteiger partial charge in [0.15, 0.2) is 5.17 Å². The van der Waals surface area contributed by atoms with E-state index in [1.807, 2.05) is 18.2 Å². The largest absolute Gasteiger partial charge is 0.489 e. The average molecular weight is 544 g/mol. The molecule has 166 valence electrons. The summed E-state index contributed by atoms with van der Waals surface area (Å²) in [6.07, 6.45) is 1.77. The normalized spacial score (nSPS) is 15.6. The zero-order valence-electron chi connectivity index (χ0n) is 16.9. The first-order valence-corrected chi connectivity index (χ1v) is 11.7. The Morgan fingerprint density at radius 1 is 1.15 bits per heavy atom. The quantitative estimate of drug-likeness (QED) is 0.358. The number of thioether (sulfide) groups is 1. The van der Waals surface area contributed by atoms with Crippen molar-refractivity contribution in [3.05, 3.63) is 97.8 Å². The monoisotopic (exact) mass is 542 g/mol. The molecule has 0 aliphatic carbocycles. The molecular weight excluding hydrogens is 528 g/mol. The van der Waals surface area contributed by atoms with E-state index < -0.39 is 5.97 Å². The first kappa shape index (κ1) is 23.1. The van der Waals surface area contributed by atoms with Crippen molar-refractivity contribution >= 4 is 68.1 Å². The number of carboxylic acid groups (broad SMARTS) is 1. The molecule has 1 aliphatic heterocycles. The van der Waals surface area contributed by atoms with Gasteiger partial charge in [-0.15, -0.1) is 0 Å². The lowest BCUT2D eigenvalue weighted by Gasteiger charge is -2.07. The lowest BCUT2D eigenvalue weighted by atomic mass is 10.1. The number of nitrogens with zero attached hydrogens (tertiary/aromatic N) is 1. The summed E-state index contributed by atoms with van der Waals surface area (Å²) in [5.74, 6) is -0.562. The Morgan fingerprint density at radius 3 is 2.67 bits per heavy atom. The number of rotatable bonds is 6. The molecule has 1 amide bonds. The summed E-state index contributed by atoms with van der Waals surface area (Å²) in [7, 11) is 0. The smallest absolute Gasteiger partial charge is 0.335 e. The second-order valence-electron chi connectivity index (χ2n) is 6.94. The number of aliphatic imine (C=N–C) groups is 1. The van der Waals surface area contributed by atoms with Gasteiger partial charge in [0, 0.05) is 4.47 Å². The Morgan fingerprint density at radius 2 is 1.94 bits per heavy atom. The SMILES string of the molecule is O=C1NC(=Nc2ccc(Br)c(Cl)c2)S/C1=C\c1ccc(OCc2cccc(C(=O)O)c2)cc1. The predicted molar refractivity (Wildman–Crippen MR) is 134 cm³/mol. The van der Waals surface area contributed by atoms with E-state index >= 15 is 0 Å². The zero-order valence-corrected chi connectivity index (χ0v) is 20.1. The van der Waals surface area contributed by atoms with Crippen LogP contribution < -0.4 is 10.1 Å². The summed E-state index contributed by atoms with van der Waals surface area (Å²) in [5.41, 5.74) is 2.46. The fraction of sp³-hybridized carbons (Fsp3) is 0.0417. The van der Waals surface area contributed by atoms with Gasteiger partial charge in [-0.25, -0.2) is 9.79 Å². The lowest BCUT2D eigenvalue weighted by molar-refractivity contribution is -0.115. The molecule has 1 heterocycles. The van der Waals surface area contributed by atoms with Gasteiger partial charge in [-0.2, -0.15) is 0 Å². The highest BCUT2D eigenvalue weighted by molar-refractivity contribution is 9.10. The van der Waals surface area contributed by atoms with Crippen LogP contribution in [0.2, 0.25) is 5.02 Å². The van der Waals surface area contributed by atoms with Crippen LogP contribution in [0.5, 0.6) is 5.75 Å². The van der Waals surface area contributed by atoms with Crippen molar-refractivity contribution in [2.24, 2.45) is 4.99 Å². The van der Waals surface area contributed by atoms with Crippen LogP contribution >= 0.6 is 39.3 Å². The van der Waals surface area contributed by atoms with Crippen LogP contribution in [0.3, 0.4) is 0 Å². The van der Waals surface area contributed by atoms with E-state index in [2.05, 4.69) is 26.2 Å². The van der Waals surface area contributed by atoms with E-state index in [0.717, 1.165) is 15.6 Å². The standard InChI is InChI=1S/C24H16BrClN2O4S/c25-19-9-6-17(12-20(19)26)27-24-28-22(29)21(33-24)11-14-4-7-18(8-5-14)32-13-15-2-1-3-16(10-15)23(30)31/h1-12H,13H2,(H,30,31)(H,27,28,29)/b21-11-. The highest BCUT2D eigenvalue weighted by Gasteiger charge is 2.23. The third-order valence-corrected chi connectivity index (χ3v) is 6.68. The van der Waals surface area contributed by atoms with Crippen LogP contribution in [0, 0.1) is 0 Å². The minimum atomic E-state index is -0.975. The Labute approximate surface area is 207 Å². The molecular formula is C24H16BrClN2O4S. The molecule has 0 atom stereocenters. The van der Waals surface area contributed by atoms with Gasteiger partial charge in [0.05, 0.1) is 21.2 Å². The van der Waals surface area contributed by atoms with Crippen molar-refractivity contribution in [2.75, 3.05) is 0 Å². The number of nitrogens with one attached hydrogen (secondary N) is 1. The van der Waals surface area contributed by atoms with Crippen LogP contribution in [-0.4, -0.2) is 22.2 Å². The number of hydrogen-bond acceptors (Lipinski definition) is 5. The number of benzene rings is 3. The number of carbonyl (C=O) groups excluding carboxylic acids is 1. The molecule has 2 N–H and O–H groups in total. The molecule has 0 radical (unpaired) electrons. The molecule has 0 bridgehead atoms. The Hall–Kier alpha value is -3.07. The zero-order chi connectivity index (χ0) is 23.4. The van der Waals surface area contributed by atoms with Gasteiger partial charge in [0.1, 0.15) is 12.4 Å². The molecule has 3 aromatic rings. The predicted octanol–water partition coefficient (Wildman–Crippen LogP) is 6.27. The van der Waals surface area contributed by atoms with Crippen LogP contribution in [0.4, 0.5) is 5.69 Å². The number of aromatic carboxylic acids is 1. The Balaban J connectivity index is 1.40. The molecule has 0 aromatic heterocycles. The van der Waals surface area contributed by atoms with E-state index in [-0.39, 0.29) is 18.1 Å². The van der Waals surface area contributed by atoms with Crippen LogP contribution in [0.15, 0.2) is 81.1 Å². The molecule has 3 aromatic carbocycles. The molecule has 0 spiro atoms. The summed E-state index contributed by atoms with van der Waals surface area (Å²) < 4.78 is 6.52. The fourth-order valence-corrected chi connectivity index (χ4v) is 4.19. The number of carboxylic acids is 1. The summed E-state index contributed by atoms with van der Waals surface area (Å²) in [4.78, 5) is 28.4. The topological polar surface area (TPSA) is 88.0 Å². The second-order valence-corrected chi connectivity index (χ2v) is 9.24. The first-order chi connectivity index (χ1) is 15.9. The summed E-state index contributed by atoms with van der Waals surface area (Å²) in [6.45, 7) is 0.250. The van der Waals surface area contributed by atoms with Crippen molar-refractivity contribution in [1.82, 2.24) is 5.32 Å². The maximum atomic E-state index is 12.3. The average Bonchev–Trinajstić information content (AvgIpc) is 3.14. The Kier molecular flexibility index (Phi) is 7.17. The molecule has 6 nitrogen and oxygen atoms in total. The van der Waals surface area contributed by atoms with Gasteiger partial charge in [0.25, 0.3) is 5.91 Å². The third-order valence-electron chi connectivity index (χ3n) is 4.54. The van der Waals surface area contributed by atoms with Gasteiger partial charge < -0.3 is 15.2 Å². The minimum Gasteiger partial charge on any atom is -0.489 e. The van der Waals surface area contributed by atoms with Crippen LogP contribution in [0.1, 0.15) is 21.5 Å². The molecule has 0 unspecified atom stereocenters. The number of hydrogen-bond donors (Lipinski definition) is 2. The fourth-order valence-electron chi connectivity index (χ4n) is 2.92. The molecule has 1 aliphatic rings. The van der Waals surface area contributed by atoms with Crippen molar-refractivity contribution in [3.63, 3.8) is 0 Å². The van der Waals surface area contributed by atoms with E-state index in [9.17, 15) is 9.59 Å². The van der Waals surface area contributed by atoms with E-state index in [0.29, 0.717) is 26.5 Å². The van der Waals surface area contributed by atoms with E-state index in [4.69, 9.17) is 21.4 Å². The first-order valence-electron chi connectivity index (χ1n) is 9.67. The summed E-state index contributed by atoms with van der Waals surface area (Å²) in [6, 6.07) is 19.2. The molecule has 0 saturated carbocycles. The van der Waals surface area contributed by atoms with Crippen molar-refractivity contribution in [2.45, 2.75) is 6.61 Å². The van der Waals surface area contributed by atoms with Crippen LogP contribution in [0.25, 0.3) is 6.08 Å². The molecule has 9 heteroatoms. The second kappa shape index (κ2) is 10.2. The van der Waals surface area contributed by atoms with Gasteiger partial charge in [-0.3, -0.25) is 4.79 Å². The number of carbonyl (C=O) groups is 2. The van der Waals surface area contributed by atoms with Gasteiger partial charge in [-0.05, 0) is 87.4 Å². The Bertz CT molecular complexity index is 1290. The molecule has 1 saturated heterocycles. The highest BCUT2D eigenvalue weighted by atomic mass is 79.9. The maximum Gasteiger partial charge on any atom is 0.335 e. The third kappa shape index (κ3) is 6.04. The minimum absolute atomic E-state index is 0.219. The number of amidine groups is 1. The van der Waals surface area contributed by atoms with Crippen molar-refractivity contribution in [1.29, 1.82) is 0 Å².